The van der Waals surface area contributed by atoms with E-state index in [1.165, 1.54) is 16.6 Å². The second-order valence-electron chi connectivity index (χ2n) is 5.12. The number of aromatic nitrogens is 2. The van der Waals surface area contributed by atoms with Crippen LogP contribution in [0.15, 0.2) is 41.7 Å². The van der Waals surface area contributed by atoms with Crippen LogP contribution in [-0.2, 0) is 10.0 Å². The highest BCUT2D eigenvalue weighted by Crippen LogP contribution is 2.27. The average Bonchev–Trinajstić information content (AvgIpc) is 3.00. The summed E-state index contributed by atoms with van der Waals surface area (Å²) in [5.41, 5.74) is 5.69. The molecular weight excluding hydrogens is 340 g/mol. The van der Waals surface area contributed by atoms with Gasteiger partial charge in [-0.1, -0.05) is 11.6 Å². The maximum absolute atomic E-state index is 12.7. The van der Waals surface area contributed by atoms with Gasteiger partial charge in [0, 0.05) is 18.9 Å². The summed E-state index contributed by atoms with van der Waals surface area (Å²) in [4.78, 5) is 7.69. The standard InChI is InChI=1S/C14H15ClN4O3S/c15-10-6-13(14(16)18-7-10)23(20,21)19-5-3-12(9-19)22-11-2-1-4-17-8-11/h1-2,4,6-8,12H,3,5,9H2,(H2,16,18)/t12-/m1/s1. The Labute approximate surface area is 139 Å². The van der Waals surface area contributed by atoms with Gasteiger partial charge >= 0.3 is 0 Å². The van der Waals surface area contributed by atoms with Gasteiger partial charge in [0.25, 0.3) is 0 Å². The van der Waals surface area contributed by atoms with Crippen molar-refractivity contribution < 1.29 is 13.2 Å². The molecule has 7 nitrogen and oxygen atoms in total. The van der Waals surface area contributed by atoms with Crippen LogP contribution in [0.4, 0.5) is 5.82 Å². The molecule has 2 N–H and O–H groups in total. The van der Waals surface area contributed by atoms with Crippen molar-refractivity contribution in [1.29, 1.82) is 0 Å². The SMILES string of the molecule is Nc1ncc(Cl)cc1S(=O)(=O)N1CC[C@@H](Oc2cccnc2)C1. The first kappa shape index (κ1) is 16.0. The lowest BCUT2D eigenvalue weighted by Gasteiger charge is -2.18. The average molecular weight is 355 g/mol. The number of sulfonamides is 1. The van der Waals surface area contributed by atoms with Crippen LogP contribution in [0.25, 0.3) is 0 Å². The second kappa shape index (κ2) is 6.31. The van der Waals surface area contributed by atoms with E-state index in [1.54, 1.807) is 24.5 Å². The molecule has 1 fully saturated rings. The van der Waals surface area contributed by atoms with Crippen LogP contribution in [0.1, 0.15) is 6.42 Å². The van der Waals surface area contributed by atoms with Gasteiger partial charge in [-0.2, -0.15) is 4.31 Å². The highest BCUT2D eigenvalue weighted by Gasteiger charge is 2.35. The normalized spacial score (nSPS) is 18.9. The van der Waals surface area contributed by atoms with Crippen LogP contribution in [-0.4, -0.2) is 41.9 Å². The quantitative estimate of drug-likeness (QED) is 0.894. The zero-order valence-corrected chi connectivity index (χ0v) is 13.7. The number of pyridine rings is 2. The summed E-state index contributed by atoms with van der Waals surface area (Å²) in [6, 6.07) is 4.86. The third kappa shape index (κ3) is 3.39. The number of nitrogens with two attached hydrogens (primary N) is 1. The van der Waals surface area contributed by atoms with Crippen molar-refractivity contribution in [2.24, 2.45) is 0 Å². The summed E-state index contributed by atoms with van der Waals surface area (Å²) in [6.45, 7) is 0.586. The number of rotatable bonds is 4. The molecular formula is C14H15ClN4O3S. The summed E-state index contributed by atoms with van der Waals surface area (Å²) in [5.74, 6) is 0.548. The fraction of sp³-hybridized carbons (Fsp3) is 0.286. The van der Waals surface area contributed by atoms with Crippen molar-refractivity contribution in [2.45, 2.75) is 17.4 Å². The first-order valence-corrected chi connectivity index (χ1v) is 8.76. The van der Waals surface area contributed by atoms with Crippen molar-refractivity contribution in [3.8, 4) is 5.75 Å². The van der Waals surface area contributed by atoms with E-state index in [1.807, 2.05) is 0 Å². The van der Waals surface area contributed by atoms with Crippen LogP contribution >= 0.6 is 11.6 Å². The minimum Gasteiger partial charge on any atom is -0.487 e. The lowest BCUT2D eigenvalue weighted by atomic mass is 10.3. The zero-order chi connectivity index (χ0) is 16.4. The van der Waals surface area contributed by atoms with Gasteiger partial charge < -0.3 is 10.5 Å². The molecule has 1 atom stereocenters. The summed E-state index contributed by atoms with van der Waals surface area (Å²) in [6.07, 6.45) is 4.90. The summed E-state index contributed by atoms with van der Waals surface area (Å²) in [7, 11) is -3.75. The molecule has 3 heterocycles. The smallest absolute Gasteiger partial charge is 0.246 e. The monoisotopic (exact) mass is 354 g/mol. The third-order valence-electron chi connectivity index (χ3n) is 3.51. The van der Waals surface area contributed by atoms with E-state index in [4.69, 9.17) is 22.1 Å². The minimum absolute atomic E-state index is 0.0639. The molecule has 0 unspecified atom stereocenters. The maximum Gasteiger partial charge on any atom is 0.246 e. The Balaban J connectivity index is 1.76. The van der Waals surface area contributed by atoms with Gasteiger partial charge in [-0.25, -0.2) is 13.4 Å². The van der Waals surface area contributed by atoms with E-state index in [-0.39, 0.29) is 28.4 Å². The van der Waals surface area contributed by atoms with Crippen LogP contribution in [0, 0.1) is 0 Å². The van der Waals surface area contributed by atoms with Crippen LogP contribution in [0.2, 0.25) is 5.02 Å². The largest absolute Gasteiger partial charge is 0.487 e. The molecule has 1 saturated heterocycles. The topological polar surface area (TPSA) is 98.4 Å². The van der Waals surface area contributed by atoms with E-state index >= 15 is 0 Å². The van der Waals surface area contributed by atoms with Gasteiger partial charge in [-0.05, 0) is 24.6 Å². The number of ether oxygens (including phenoxy) is 1. The van der Waals surface area contributed by atoms with Crippen molar-refractivity contribution in [3.63, 3.8) is 0 Å². The van der Waals surface area contributed by atoms with Crippen molar-refractivity contribution >= 4 is 27.4 Å². The number of nitrogens with zero attached hydrogens (tertiary/aromatic N) is 3. The molecule has 0 spiro atoms. The highest BCUT2D eigenvalue weighted by molar-refractivity contribution is 7.89. The molecule has 3 rings (SSSR count). The molecule has 9 heteroatoms. The van der Waals surface area contributed by atoms with E-state index < -0.39 is 10.0 Å². The summed E-state index contributed by atoms with van der Waals surface area (Å²) < 4.78 is 32.4. The number of halogens is 1. The predicted molar refractivity (Wildman–Crippen MR) is 85.7 cm³/mol. The Hall–Kier alpha value is -1.90. The molecule has 0 aliphatic carbocycles. The Morgan fingerprint density at radius 1 is 1.39 bits per heavy atom. The van der Waals surface area contributed by atoms with Crippen molar-refractivity contribution in [2.75, 3.05) is 18.8 Å². The predicted octanol–water partition coefficient (Wildman–Crippen LogP) is 1.55. The number of hydrogen-bond donors (Lipinski definition) is 1. The van der Waals surface area contributed by atoms with E-state index in [0.29, 0.717) is 18.7 Å². The van der Waals surface area contributed by atoms with Gasteiger partial charge in [0.2, 0.25) is 10.0 Å². The fourth-order valence-corrected chi connectivity index (χ4v) is 4.20. The van der Waals surface area contributed by atoms with E-state index in [0.717, 1.165) is 0 Å². The molecule has 1 aliphatic rings. The molecule has 1 aliphatic heterocycles. The molecule has 23 heavy (non-hydrogen) atoms. The van der Waals surface area contributed by atoms with Crippen molar-refractivity contribution in [1.82, 2.24) is 14.3 Å². The fourth-order valence-electron chi connectivity index (χ4n) is 2.40. The molecule has 122 valence electrons. The van der Waals surface area contributed by atoms with Gasteiger partial charge in [0.05, 0.1) is 17.8 Å². The van der Waals surface area contributed by atoms with Gasteiger partial charge in [-0.3, -0.25) is 4.98 Å². The first-order valence-electron chi connectivity index (χ1n) is 6.94. The van der Waals surface area contributed by atoms with Crippen LogP contribution < -0.4 is 10.5 Å². The molecule has 0 aromatic carbocycles. The van der Waals surface area contributed by atoms with Gasteiger partial charge in [0.15, 0.2) is 0 Å². The van der Waals surface area contributed by atoms with Crippen LogP contribution in [0.3, 0.4) is 0 Å². The maximum atomic E-state index is 12.7. The molecule has 0 bridgehead atoms. The molecule has 0 saturated carbocycles. The summed E-state index contributed by atoms with van der Waals surface area (Å²) >= 11 is 5.83. The summed E-state index contributed by atoms with van der Waals surface area (Å²) in [5, 5.41) is 0.222. The van der Waals surface area contributed by atoms with Gasteiger partial charge in [0.1, 0.15) is 22.6 Å². The number of hydrogen-bond acceptors (Lipinski definition) is 6. The zero-order valence-electron chi connectivity index (χ0n) is 12.1. The van der Waals surface area contributed by atoms with Crippen LogP contribution in [0.5, 0.6) is 5.75 Å². The first-order chi connectivity index (χ1) is 11.0. The van der Waals surface area contributed by atoms with Gasteiger partial charge in [-0.15, -0.1) is 0 Å². The second-order valence-corrected chi connectivity index (χ2v) is 7.46. The number of anilines is 1. The van der Waals surface area contributed by atoms with Crippen molar-refractivity contribution in [3.05, 3.63) is 41.8 Å². The lowest BCUT2D eigenvalue weighted by molar-refractivity contribution is 0.214. The Kier molecular flexibility index (Phi) is 4.38. The number of nitrogen functional groups attached to an aromatic ring is 1. The lowest BCUT2D eigenvalue weighted by Crippen LogP contribution is -2.31. The minimum atomic E-state index is -3.75. The van der Waals surface area contributed by atoms with E-state index in [2.05, 4.69) is 9.97 Å². The third-order valence-corrected chi connectivity index (χ3v) is 5.61. The Morgan fingerprint density at radius 2 is 2.22 bits per heavy atom. The molecule has 0 amide bonds. The molecule has 2 aromatic rings. The molecule has 0 radical (unpaired) electrons. The Bertz CT molecular complexity index is 801. The molecule has 2 aromatic heterocycles. The van der Waals surface area contributed by atoms with E-state index in [9.17, 15) is 8.42 Å². The highest BCUT2D eigenvalue weighted by atomic mass is 35.5. The Morgan fingerprint density at radius 3 is 2.96 bits per heavy atom.